The van der Waals surface area contributed by atoms with Crippen molar-refractivity contribution in [3.8, 4) is 11.8 Å². The summed E-state index contributed by atoms with van der Waals surface area (Å²) >= 11 is 5.81. The predicted molar refractivity (Wildman–Crippen MR) is 72.8 cm³/mol. The number of rotatable bonds is 3. The number of ether oxygens (including phenoxy) is 1. The lowest BCUT2D eigenvalue weighted by Gasteiger charge is -2.12. The quantitative estimate of drug-likeness (QED) is 0.871. The number of para-hydroxylation sites is 1. The molecule has 2 rings (SSSR count). The van der Waals surface area contributed by atoms with Crippen LogP contribution in [0.5, 0.6) is 5.75 Å². The van der Waals surface area contributed by atoms with Crippen molar-refractivity contribution >= 4 is 23.1 Å². The molecular formula is C13H11ClN4O. The highest BCUT2D eigenvalue weighted by Gasteiger charge is 2.10. The van der Waals surface area contributed by atoms with Crippen LogP contribution in [-0.2, 0) is 0 Å². The molecular weight excluding hydrogens is 264 g/mol. The Balaban J connectivity index is 2.45. The highest BCUT2D eigenvalue weighted by atomic mass is 35.5. The topological polar surface area (TPSA) is 70.8 Å². The van der Waals surface area contributed by atoms with Gasteiger partial charge in [0.25, 0.3) is 0 Å². The zero-order chi connectivity index (χ0) is 13.8. The lowest BCUT2D eigenvalue weighted by Crippen LogP contribution is -2.01. The molecule has 1 N–H and O–H groups in total. The smallest absolute Gasteiger partial charge is 0.224 e. The van der Waals surface area contributed by atoms with Crippen molar-refractivity contribution in [3.05, 3.63) is 40.8 Å². The maximum atomic E-state index is 9.12. The van der Waals surface area contributed by atoms with Gasteiger partial charge in [-0.05, 0) is 30.7 Å². The monoisotopic (exact) mass is 274 g/mol. The Kier molecular flexibility index (Phi) is 3.83. The van der Waals surface area contributed by atoms with Gasteiger partial charge in [-0.3, -0.25) is 0 Å². The van der Waals surface area contributed by atoms with Crippen LogP contribution >= 0.6 is 11.6 Å². The van der Waals surface area contributed by atoms with Gasteiger partial charge >= 0.3 is 0 Å². The molecule has 1 aromatic carbocycles. The van der Waals surface area contributed by atoms with Crippen molar-refractivity contribution < 1.29 is 4.74 Å². The predicted octanol–water partition coefficient (Wildman–Crippen LogP) is 3.06. The Morgan fingerprint density at radius 1 is 1.37 bits per heavy atom. The van der Waals surface area contributed by atoms with Gasteiger partial charge in [0.15, 0.2) is 0 Å². The first-order valence-corrected chi connectivity index (χ1v) is 5.87. The lowest BCUT2D eigenvalue weighted by molar-refractivity contribution is 0.416. The number of hydrogen-bond acceptors (Lipinski definition) is 5. The number of nitrogens with one attached hydrogen (secondary N) is 1. The van der Waals surface area contributed by atoms with Crippen molar-refractivity contribution in [1.29, 1.82) is 5.26 Å². The Hall–Kier alpha value is -2.32. The summed E-state index contributed by atoms with van der Waals surface area (Å²) in [4.78, 5) is 8.04. The first-order chi connectivity index (χ1) is 9.13. The van der Waals surface area contributed by atoms with Crippen LogP contribution in [0.4, 0.5) is 11.5 Å². The van der Waals surface area contributed by atoms with E-state index in [4.69, 9.17) is 21.6 Å². The van der Waals surface area contributed by atoms with Gasteiger partial charge in [0, 0.05) is 11.8 Å². The van der Waals surface area contributed by atoms with E-state index < -0.39 is 0 Å². The number of methoxy groups -OCH3 is 1. The fourth-order valence-electron chi connectivity index (χ4n) is 1.65. The number of aryl methyl sites for hydroxylation is 1. The first kappa shape index (κ1) is 13.1. The van der Waals surface area contributed by atoms with Crippen molar-refractivity contribution in [2.75, 3.05) is 12.4 Å². The van der Waals surface area contributed by atoms with Crippen LogP contribution in [0.1, 0.15) is 11.3 Å². The maximum absolute atomic E-state index is 9.12. The van der Waals surface area contributed by atoms with Gasteiger partial charge in [0.05, 0.1) is 12.7 Å². The fraction of sp³-hybridized carbons (Fsp3) is 0.154. The highest BCUT2D eigenvalue weighted by molar-refractivity contribution is 6.28. The second-order valence-corrected chi connectivity index (χ2v) is 4.12. The molecule has 0 spiro atoms. The van der Waals surface area contributed by atoms with E-state index in [2.05, 4.69) is 21.4 Å². The van der Waals surface area contributed by atoms with Crippen molar-refractivity contribution in [1.82, 2.24) is 9.97 Å². The third-order valence-electron chi connectivity index (χ3n) is 2.45. The molecule has 0 unspecified atom stereocenters. The SMILES string of the molecule is COc1cccc(C#N)c1Nc1cc(C)nc(Cl)n1. The summed E-state index contributed by atoms with van der Waals surface area (Å²) in [6.07, 6.45) is 0. The zero-order valence-corrected chi connectivity index (χ0v) is 11.2. The standard InChI is InChI=1S/C13H11ClN4O/c1-8-6-11(18-13(14)16-8)17-12-9(7-15)4-3-5-10(12)19-2/h3-6H,1-2H3,(H,16,17,18). The molecule has 0 fully saturated rings. The van der Waals surface area contributed by atoms with Gasteiger partial charge in [0.2, 0.25) is 5.28 Å². The molecule has 0 radical (unpaired) electrons. The summed E-state index contributed by atoms with van der Waals surface area (Å²) < 4.78 is 5.23. The Morgan fingerprint density at radius 3 is 2.79 bits per heavy atom. The largest absolute Gasteiger partial charge is 0.495 e. The molecule has 0 aliphatic carbocycles. The van der Waals surface area contributed by atoms with Crippen molar-refractivity contribution in [2.24, 2.45) is 0 Å². The second-order valence-electron chi connectivity index (χ2n) is 3.78. The summed E-state index contributed by atoms with van der Waals surface area (Å²) in [5, 5.41) is 12.3. The molecule has 0 atom stereocenters. The number of nitriles is 1. The molecule has 1 aromatic heterocycles. The third-order valence-corrected chi connectivity index (χ3v) is 2.62. The minimum atomic E-state index is 0.149. The van der Waals surface area contributed by atoms with E-state index in [-0.39, 0.29) is 5.28 Å². The summed E-state index contributed by atoms with van der Waals surface area (Å²) in [6, 6.07) is 9.04. The first-order valence-electron chi connectivity index (χ1n) is 5.49. The van der Waals surface area contributed by atoms with E-state index in [0.717, 1.165) is 5.69 Å². The van der Waals surface area contributed by atoms with Crippen LogP contribution in [-0.4, -0.2) is 17.1 Å². The Morgan fingerprint density at radius 2 is 2.16 bits per heavy atom. The number of aromatic nitrogens is 2. The van der Waals surface area contributed by atoms with E-state index in [1.807, 2.05) is 6.92 Å². The van der Waals surface area contributed by atoms with Gasteiger partial charge in [0.1, 0.15) is 23.3 Å². The van der Waals surface area contributed by atoms with Crippen molar-refractivity contribution in [3.63, 3.8) is 0 Å². The molecule has 0 aliphatic rings. The molecule has 0 aliphatic heterocycles. The molecule has 0 bridgehead atoms. The summed E-state index contributed by atoms with van der Waals surface area (Å²) in [7, 11) is 1.54. The molecule has 2 aromatic rings. The number of halogens is 1. The molecule has 1 heterocycles. The van der Waals surface area contributed by atoms with Gasteiger partial charge in [-0.25, -0.2) is 9.97 Å². The molecule has 6 heteroatoms. The van der Waals surface area contributed by atoms with Crippen molar-refractivity contribution in [2.45, 2.75) is 6.92 Å². The van der Waals surface area contributed by atoms with Crippen LogP contribution in [0.2, 0.25) is 5.28 Å². The molecule has 19 heavy (non-hydrogen) atoms. The number of anilines is 2. The minimum Gasteiger partial charge on any atom is -0.495 e. The molecule has 5 nitrogen and oxygen atoms in total. The molecule has 0 amide bonds. The molecule has 96 valence electrons. The van der Waals surface area contributed by atoms with Gasteiger partial charge < -0.3 is 10.1 Å². The van der Waals surface area contributed by atoms with E-state index in [1.54, 1.807) is 31.4 Å². The van der Waals surface area contributed by atoms with Gasteiger partial charge in [-0.15, -0.1) is 0 Å². The summed E-state index contributed by atoms with van der Waals surface area (Å²) in [5.41, 5.74) is 1.75. The lowest BCUT2D eigenvalue weighted by atomic mass is 10.1. The van der Waals surface area contributed by atoms with Gasteiger partial charge in [-0.1, -0.05) is 6.07 Å². The van der Waals surface area contributed by atoms with E-state index >= 15 is 0 Å². The summed E-state index contributed by atoms with van der Waals surface area (Å²) in [5.74, 6) is 1.07. The van der Waals surface area contributed by atoms with Crippen LogP contribution in [0.3, 0.4) is 0 Å². The Labute approximate surface area is 115 Å². The zero-order valence-electron chi connectivity index (χ0n) is 10.4. The van der Waals surface area contributed by atoms with Crippen LogP contribution < -0.4 is 10.1 Å². The maximum Gasteiger partial charge on any atom is 0.224 e. The molecule has 0 saturated heterocycles. The van der Waals surface area contributed by atoms with Crippen LogP contribution in [0.15, 0.2) is 24.3 Å². The number of nitrogens with zero attached hydrogens (tertiary/aromatic N) is 3. The van der Waals surface area contributed by atoms with E-state index in [0.29, 0.717) is 22.8 Å². The molecule has 0 saturated carbocycles. The second kappa shape index (κ2) is 5.55. The minimum absolute atomic E-state index is 0.149. The average Bonchev–Trinajstić information content (AvgIpc) is 2.37. The van der Waals surface area contributed by atoms with Gasteiger partial charge in [-0.2, -0.15) is 5.26 Å². The Bertz CT molecular complexity index is 631. The highest BCUT2D eigenvalue weighted by Crippen LogP contribution is 2.30. The normalized spacial score (nSPS) is 9.79. The van der Waals surface area contributed by atoms with Crippen LogP contribution in [0, 0.1) is 18.3 Å². The fourth-order valence-corrected chi connectivity index (χ4v) is 1.87. The van der Waals surface area contributed by atoms with E-state index in [9.17, 15) is 0 Å². The number of hydrogen-bond donors (Lipinski definition) is 1. The number of benzene rings is 1. The summed E-state index contributed by atoms with van der Waals surface area (Å²) in [6.45, 7) is 1.81. The van der Waals surface area contributed by atoms with Crippen LogP contribution in [0.25, 0.3) is 0 Å². The van der Waals surface area contributed by atoms with E-state index in [1.165, 1.54) is 0 Å². The third kappa shape index (κ3) is 2.92. The average molecular weight is 275 g/mol.